The molecule has 1 aliphatic carbocycles. The van der Waals surface area contributed by atoms with E-state index in [2.05, 4.69) is 5.32 Å². The lowest BCUT2D eigenvalue weighted by atomic mass is 10.1. The number of fused-ring (bicyclic) bond motifs is 1. The largest absolute Gasteiger partial charge is 0.352 e. The van der Waals surface area contributed by atoms with Crippen LogP contribution in [0.15, 0.2) is 65.7 Å². The van der Waals surface area contributed by atoms with E-state index in [1.54, 1.807) is 36.4 Å². The topological polar surface area (TPSA) is 88.5 Å². The third-order valence-electron chi connectivity index (χ3n) is 5.63. The fraction of sp³-hybridized carbons (Fsp3) is 0.200. The molecule has 0 bridgehead atoms. The molecule has 0 atom stereocenters. The number of para-hydroxylation sites is 1. The van der Waals surface area contributed by atoms with Crippen LogP contribution in [-0.2, 0) is 16.1 Å². The number of hydrogen-bond acceptors (Lipinski definition) is 5. The number of nitrogens with one attached hydrogen (secondary N) is 1. The Labute approximate surface area is 194 Å². The second-order valence-electron chi connectivity index (χ2n) is 8.13. The molecule has 1 saturated heterocycles. The van der Waals surface area contributed by atoms with Crippen molar-refractivity contribution in [3.8, 4) is 0 Å². The average molecular weight is 460 g/mol. The zero-order chi connectivity index (χ0) is 22.9. The van der Waals surface area contributed by atoms with Crippen molar-refractivity contribution in [3.05, 3.63) is 76.8 Å². The summed E-state index contributed by atoms with van der Waals surface area (Å²) in [4.78, 5) is 51.5. The number of amides is 3. The van der Waals surface area contributed by atoms with E-state index in [4.69, 9.17) is 0 Å². The Morgan fingerprint density at radius 3 is 2.48 bits per heavy atom. The van der Waals surface area contributed by atoms with Crippen LogP contribution in [0.3, 0.4) is 0 Å². The van der Waals surface area contributed by atoms with Gasteiger partial charge in [-0.05, 0) is 36.7 Å². The van der Waals surface area contributed by atoms with Gasteiger partial charge in [-0.2, -0.15) is 0 Å². The number of ketones is 1. The molecule has 0 radical (unpaired) electrons. The van der Waals surface area contributed by atoms with Crippen molar-refractivity contribution in [1.82, 2.24) is 14.8 Å². The van der Waals surface area contributed by atoms with Crippen molar-refractivity contribution in [2.75, 3.05) is 6.54 Å². The molecule has 8 heteroatoms. The molecular weight excluding hydrogens is 438 g/mol. The summed E-state index contributed by atoms with van der Waals surface area (Å²) in [5, 5.41) is 3.39. The Kier molecular flexibility index (Phi) is 5.60. The van der Waals surface area contributed by atoms with E-state index in [1.165, 1.54) is 0 Å². The quantitative estimate of drug-likeness (QED) is 0.428. The maximum absolute atomic E-state index is 12.9. The van der Waals surface area contributed by atoms with Gasteiger partial charge in [0.05, 0.1) is 11.4 Å². The lowest BCUT2D eigenvalue weighted by Crippen LogP contribution is -2.33. The van der Waals surface area contributed by atoms with Crippen molar-refractivity contribution in [2.45, 2.75) is 25.4 Å². The van der Waals surface area contributed by atoms with E-state index in [-0.39, 0.29) is 35.7 Å². The van der Waals surface area contributed by atoms with E-state index in [0.717, 1.165) is 46.0 Å². The number of carbonyl (C=O) groups excluding carboxylic acids is 4. The normalized spacial score (nSPS) is 17.2. The van der Waals surface area contributed by atoms with Crippen LogP contribution in [0.25, 0.3) is 17.0 Å². The van der Waals surface area contributed by atoms with Crippen LogP contribution in [0.2, 0.25) is 0 Å². The first-order valence-electron chi connectivity index (χ1n) is 10.7. The Hall–Kier alpha value is -3.65. The van der Waals surface area contributed by atoms with Crippen LogP contribution < -0.4 is 5.32 Å². The number of thioether (sulfide) groups is 1. The highest BCUT2D eigenvalue weighted by molar-refractivity contribution is 8.18. The second kappa shape index (κ2) is 8.71. The number of imide groups is 1. The van der Waals surface area contributed by atoms with Crippen LogP contribution in [-0.4, -0.2) is 44.9 Å². The van der Waals surface area contributed by atoms with Gasteiger partial charge in [-0.25, -0.2) is 0 Å². The molecule has 3 aromatic rings. The number of hydrogen-bond donors (Lipinski definition) is 1. The monoisotopic (exact) mass is 459 g/mol. The molecular formula is C25H21N3O4S. The first kappa shape index (κ1) is 21.2. The SMILES string of the molecule is O=C(Cn1cc(/C=C2\SC(=O)N(CC(=O)c3ccccc3)C2=O)c2ccccc21)NC1CC1. The molecule has 7 nitrogen and oxygen atoms in total. The fourth-order valence-corrected chi connectivity index (χ4v) is 4.64. The van der Waals surface area contributed by atoms with Crippen molar-refractivity contribution in [2.24, 2.45) is 0 Å². The first-order valence-corrected chi connectivity index (χ1v) is 11.5. The third kappa shape index (κ3) is 4.47. The summed E-state index contributed by atoms with van der Waals surface area (Å²) < 4.78 is 1.85. The fourth-order valence-electron chi connectivity index (χ4n) is 3.81. The predicted octanol–water partition coefficient (Wildman–Crippen LogP) is 3.84. The Morgan fingerprint density at radius 2 is 1.73 bits per heavy atom. The third-order valence-corrected chi connectivity index (χ3v) is 6.54. The molecule has 33 heavy (non-hydrogen) atoms. The number of rotatable bonds is 7. The van der Waals surface area contributed by atoms with Crippen LogP contribution >= 0.6 is 11.8 Å². The lowest BCUT2D eigenvalue weighted by Gasteiger charge is -2.11. The number of Topliss-reactive ketones (excluding diaryl/α,β-unsaturated/α-hetero) is 1. The van der Waals surface area contributed by atoms with Gasteiger partial charge in [0.15, 0.2) is 5.78 Å². The second-order valence-corrected chi connectivity index (χ2v) is 9.12. The molecule has 1 saturated carbocycles. The van der Waals surface area contributed by atoms with Crippen LogP contribution in [0.5, 0.6) is 0 Å². The Bertz CT molecular complexity index is 1310. The summed E-state index contributed by atoms with van der Waals surface area (Å²) in [5.41, 5.74) is 2.06. The van der Waals surface area contributed by atoms with Crippen LogP contribution in [0, 0.1) is 0 Å². The lowest BCUT2D eigenvalue weighted by molar-refractivity contribution is -0.123. The molecule has 1 aromatic heterocycles. The van der Waals surface area contributed by atoms with Crippen molar-refractivity contribution < 1.29 is 19.2 Å². The van der Waals surface area contributed by atoms with E-state index in [1.807, 2.05) is 35.0 Å². The average Bonchev–Trinajstić information content (AvgIpc) is 3.52. The molecule has 2 heterocycles. The Balaban J connectivity index is 1.39. The maximum Gasteiger partial charge on any atom is 0.293 e. The molecule has 0 unspecified atom stereocenters. The van der Waals surface area contributed by atoms with Gasteiger partial charge in [-0.3, -0.25) is 24.1 Å². The molecule has 5 rings (SSSR count). The molecule has 2 aromatic carbocycles. The zero-order valence-electron chi connectivity index (χ0n) is 17.7. The molecule has 166 valence electrons. The summed E-state index contributed by atoms with van der Waals surface area (Å²) in [6.45, 7) is -0.118. The maximum atomic E-state index is 12.9. The van der Waals surface area contributed by atoms with Gasteiger partial charge in [-0.15, -0.1) is 0 Å². The highest BCUT2D eigenvalue weighted by Gasteiger charge is 2.36. The molecule has 3 amide bonds. The minimum absolute atomic E-state index is 0.0513. The minimum atomic E-state index is -0.488. The van der Waals surface area contributed by atoms with E-state index >= 15 is 0 Å². The van der Waals surface area contributed by atoms with Gasteiger partial charge in [0.25, 0.3) is 11.1 Å². The van der Waals surface area contributed by atoms with Gasteiger partial charge >= 0.3 is 0 Å². The van der Waals surface area contributed by atoms with Gasteiger partial charge in [-0.1, -0.05) is 48.5 Å². The minimum Gasteiger partial charge on any atom is -0.352 e. The predicted molar refractivity (Wildman–Crippen MR) is 127 cm³/mol. The summed E-state index contributed by atoms with van der Waals surface area (Å²) in [6, 6.07) is 16.5. The zero-order valence-corrected chi connectivity index (χ0v) is 18.5. The van der Waals surface area contributed by atoms with Crippen molar-refractivity contribution in [1.29, 1.82) is 0 Å². The molecule has 1 N–H and O–H groups in total. The Morgan fingerprint density at radius 1 is 1.00 bits per heavy atom. The van der Waals surface area contributed by atoms with E-state index in [9.17, 15) is 19.2 Å². The van der Waals surface area contributed by atoms with Crippen LogP contribution in [0.4, 0.5) is 4.79 Å². The highest BCUT2D eigenvalue weighted by atomic mass is 32.2. The molecule has 1 aliphatic heterocycles. The molecule has 2 aliphatic rings. The van der Waals surface area contributed by atoms with Crippen molar-refractivity contribution >= 4 is 51.6 Å². The number of nitrogens with zero attached hydrogens (tertiary/aromatic N) is 2. The van der Waals surface area contributed by atoms with E-state index in [0.29, 0.717) is 5.56 Å². The number of aromatic nitrogens is 1. The standard InChI is InChI=1S/C25H21N3O4S/c29-21(16-6-2-1-3-7-16)14-28-24(31)22(33-25(28)32)12-17-13-27(15-23(30)26-18-10-11-18)20-9-5-4-8-19(17)20/h1-9,12-13,18H,10-11,14-15H2,(H,26,30)/b22-12-. The highest BCUT2D eigenvalue weighted by Crippen LogP contribution is 2.34. The van der Waals surface area contributed by atoms with Crippen molar-refractivity contribution in [3.63, 3.8) is 0 Å². The summed E-state index contributed by atoms with van der Waals surface area (Å²) in [5.74, 6) is -0.834. The summed E-state index contributed by atoms with van der Waals surface area (Å²) in [6.07, 6.45) is 5.52. The summed E-state index contributed by atoms with van der Waals surface area (Å²) >= 11 is 0.820. The van der Waals surface area contributed by atoms with Crippen LogP contribution in [0.1, 0.15) is 28.8 Å². The number of carbonyl (C=O) groups is 4. The van der Waals surface area contributed by atoms with Gasteiger partial charge in [0.1, 0.15) is 6.54 Å². The smallest absolute Gasteiger partial charge is 0.293 e. The molecule has 0 spiro atoms. The molecule has 2 fully saturated rings. The summed E-state index contributed by atoms with van der Waals surface area (Å²) in [7, 11) is 0. The first-order chi connectivity index (χ1) is 16.0. The van der Waals surface area contributed by atoms with Gasteiger partial charge in [0, 0.05) is 34.3 Å². The van der Waals surface area contributed by atoms with Gasteiger partial charge in [0.2, 0.25) is 5.91 Å². The van der Waals surface area contributed by atoms with E-state index < -0.39 is 11.1 Å². The number of benzene rings is 2. The van der Waals surface area contributed by atoms with Gasteiger partial charge < -0.3 is 9.88 Å².